The molecule has 1 amide bonds. The number of hydrogen-bond acceptors (Lipinski definition) is 9. The molecule has 0 aliphatic carbocycles. The Kier molecular flexibility index (Phi) is 8.97. The number of ether oxygens (including phenoxy) is 1. The molecule has 35 heavy (non-hydrogen) atoms. The van der Waals surface area contributed by atoms with Gasteiger partial charge in [0.15, 0.2) is 5.58 Å². The van der Waals surface area contributed by atoms with Gasteiger partial charge in [-0.15, -0.1) is 0 Å². The van der Waals surface area contributed by atoms with E-state index in [1.165, 1.54) is 12.2 Å². The number of amides is 1. The lowest BCUT2D eigenvalue weighted by atomic mass is 9.95. The van der Waals surface area contributed by atoms with Crippen LogP contribution in [0.3, 0.4) is 0 Å². The molecule has 3 aromatic rings. The summed E-state index contributed by atoms with van der Waals surface area (Å²) in [6, 6.07) is 10.2. The van der Waals surface area contributed by atoms with Crippen LogP contribution in [0.2, 0.25) is 0 Å². The van der Waals surface area contributed by atoms with Gasteiger partial charge in [-0.3, -0.25) is 4.79 Å². The number of rotatable bonds is 12. The van der Waals surface area contributed by atoms with Crippen LogP contribution in [0.1, 0.15) is 37.3 Å². The summed E-state index contributed by atoms with van der Waals surface area (Å²) in [4.78, 5) is 23.5. The molecule has 1 saturated heterocycles. The van der Waals surface area contributed by atoms with E-state index in [1.54, 1.807) is 14.2 Å². The van der Waals surface area contributed by atoms with Gasteiger partial charge in [-0.25, -0.2) is 4.31 Å². The van der Waals surface area contributed by atoms with E-state index in [0.717, 1.165) is 60.7 Å². The highest BCUT2D eigenvalue weighted by atomic mass is 32.2. The van der Waals surface area contributed by atoms with E-state index < -0.39 is 5.92 Å². The normalized spacial score (nSPS) is 15.9. The molecule has 10 heteroatoms. The van der Waals surface area contributed by atoms with Crippen LogP contribution in [-0.4, -0.2) is 68.1 Å². The van der Waals surface area contributed by atoms with E-state index in [1.807, 2.05) is 30.3 Å². The Bertz CT molecular complexity index is 1150. The maximum atomic E-state index is 11.8. The van der Waals surface area contributed by atoms with Gasteiger partial charge in [0, 0.05) is 39.1 Å². The minimum absolute atomic E-state index is 0.110. The van der Waals surface area contributed by atoms with E-state index in [-0.39, 0.29) is 12.3 Å². The molecular weight excluding hydrogens is 468 g/mol. The Morgan fingerprint density at radius 3 is 2.89 bits per heavy atom. The van der Waals surface area contributed by atoms with Crippen LogP contribution in [0, 0.1) is 0 Å². The zero-order valence-corrected chi connectivity index (χ0v) is 20.9. The van der Waals surface area contributed by atoms with Gasteiger partial charge in [0.2, 0.25) is 5.91 Å². The molecule has 2 aromatic carbocycles. The Morgan fingerprint density at radius 2 is 2.14 bits per heavy atom. The van der Waals surface area contributed by atoms with Crippen LogP contribution in [0.5, 0.6) is 5.75 Å². The van der Waals surface area contributed by atoms with E-state index in [9.17, 15) is 9.59 Å². The third kappa shape index (κ3) is 6.32. The van der Waals surface area contributed by atoms with Crippen molar-refractivity contribution in [3.05, 3.63) is 36.0 Å². The monoisotopic (exact) mass is 500 g/mol. The summed E-state index contributed by atoms with van der Waals surface area (Å²) < 4.78 is 18.9. The first-order valence-corrected chi connectivity index (χ1v) is 12.6. The van der Waals surface area contributed by atoms with Gasteiger partial charge in [0.25, 0.3) is 0 Å². The van der Waals surface area contributed by atoms with Crippen molar-refractivity contribution in [2.75, 3.05) is 40.4 Å². The van der Waals surface area contributed by atoms with Crippen LogP contribution in [0.25, 0.3) is 21.7 Å². The van der Waals surface area contributed by atoms with E-state index in [4.69, 9.17) is 13.4 Å². The topological polar surface area (TPSA) is 106 Å². The third-order valence-corrected chi connectivity index (χ3v) is 7.09. The number of nitrogens with one attached hydrogen (secondary N) is 2. The quantitative estimate of drug-likeness (QED) is 0.167. The highest BCUT2D eigenvalue weighted by Gasteiger charge is 2.22. The minimum Gasteiger partial charge on any atom is -0.492 e. The number of carbonyl (C=O) groups is 2. The second-order valence-corrected chi connectivity index (χ2v) is 9.59. The smallest absolute Gasteiger partial charge is 0.219 e. The highest BCUT2D eigenvalue weighted by molar-refractivity contribution is 7.92. The summed E-state index contributed by atoms with van der Waals surface area (Å²) in [5.41, 5.74) is 1.18. The van der Waals surface area contributed by atoms with Crippen LogP contribution >= 0.6 is 12.2 Å². The van der Waals surface area contributed by atoms with Gasteiger partial charge in [0.1, 0.15) is 24.3 Å². The largest absolute Gasteiger partial charge is 0.492 e. The zero-order valence-electron chi connectivity index (χ0n) is 20.1. The molecule has 1 aliphatic rings. The number of aldehydes is 1. The molecule has 0 radical (unpaired) electrons. The predicted octanol–water partition coefficient (Wildman–Crippen LogP) is 3.43. The van der Waals surface area contributed by atoms with Gasteiger partial charge in [-0.2, -0.15) is 0 Å². The van der Waals surface area contributed by atoms with Gasteiger partial charge < -0.3 is 28.9 Å². The molecule has 1 fully saturated rings. The Balaban J connectivity index is 1.38. The summed E-state index contributed by atoms with van der Waals surface area (Å²) in [5, 5.41) is 13.1. The zero-order chi connectivity index (χ0) is 24.6. The summed E-state index contributed by atoms with van der Waals surface area (Å²) >= 11 is 1.43. The second kappa shape index (κ2) is 12.3. The average molecular weight is 501 g/mol. The average Bonchev–Trinajstić information content (AvgIpc) is 3.32. The standard InChI is InChI=1S/C25H32N4O5S/c1-26-23(31)8-4-18(16-30)25-24-21-6-5-20(15-17(21)3-7-22(24)34-28-25)33-14-11-27-19-9-12-29(13-10-19)35-32-2/h3,5-7,15-16,18-19,27H,4,8-14H2,1-2H3,(H,26,31). The Morgan fingerprint density at radius 1 is 1.31 bits per heavy atom. The fourth-order valence-electron chi connectivity index (χ4n) is 4.47. The van der Waals surface area contributed by atoms with Crippen molar-refractivity contribution >= 4 is 46.2 Å². The number of hydrogen-bond donors (Lipinski definition) is 2. The van der Waals surface area contributed by atoms with Crippen molar-refractivity contribution in [3.63, 3.8) is 0 Å². The number of aromatic nitrogens is 1. The lowest BCUT2D eigenvalue weighted by Crippen LogP contribution is -2.41. The SMILES string of the molecule is CNC(=O)CCC(C=O)c1noc2ccc3cc(OCCNC4CCN(SOC)CC4)ccc3c12. The summed E-state index contributed by atoms with van der Waals surface area (Å²) in [5.74, 6) is 0.164. The molecule has 2 heterocycles. The molecule has 1 atom stereocenters. The van der Waals surface area contributed by atoms with Gasteiger partial charge in [-0.05, 0) is 54.3 Å². The van der Waals surface area contributed by atoms with Crippen molar-refractivity contribution in [1.82, 2.24) is 20.1 Å². The highest BCUT2D eigenvalue weighted by Crippen LogP contribution is 2.34. The van der Waals surface area contributed by atoms with Crippen molar-refractivity contribution in [2.45, 2.75) is 37.6 Å². The van der Waals surface area contributed by atoms with Crippen LogP contribution in [0.4, 0.5) is 0 Å². The fraction of sp³-hybridized carbons (Fsp3) is 0.480. The first-order chi connectivity index (χ1) is 17.1. The number of fused-ring (bicyclic) bond motifs is 3. The summed E-state index contributed by atoms with van der Waals surface area (Å²) in [6.07, 6.45) is 3.64. The fourth-order valence-corrected chi connectivity index (χ4v) is 5.04. The molecule has 2 N–H and O–H groups in total. The second-order valence-electron chi connectivity index (χ2n) is 8.59. The van der Waals surface area contributed by atoms with Crippen molar-refractivity contribution in [3.8, 4) is 5.75 Å². The van der Waals surface area contributed by atoms with Gasteiger partial charge >= 0.3 is 0 Å². The first-order valence-electron chi connectivity index (χ1n) is 11.9. The van der Waals surface area contributed by atoms with E-state index in [2.05, 4.69) is 20.1 Å². The molecule has 0 bridgehead atoms. The van der Waals surface area contributed by atoms with Crippen LogP contribution < -0.4 is 15.4 Å². The minimum atomic E-state index is -0.513. The maximum absolute atomic E-state index is 11.8. The number of benzene rings is 2. The predicted molar refractivity (Wildman–Crippen MR) is 136 cm³/mol. The molecule has 1 unspecified atom stereocenters. The van der Waals surface area contributed by atoms with Crippen LogP contribution in [0.15, 0.2) is 34.9 Å². The third-order valence-electron chi connectivity index (χ3n) is 6.37. The summed E-state index contributed by atoms with van der Waals surface area (Å²) in [6.45, 7) is 3.38. The van der Waals surface area contributed by atoms with Gasteiger partial charge in [0.05, 0.1) is 30.6 Å². The molecule has 1 aromatic heterocycles. The summed E-state index contributed by atoms with van der Waals surface area (Å²) in [7, 11) is 3.28. The van der Waals surface area contributed by atoms with Crippen LogP contribution in [-0.2, 0) is 13.8 Å². The number of piperidine rings is 1. The van der Waals surface area contributed by atoms with Gasteiger partial charge in [-0.1, -0.05) is 11.2 Å². The van der Waals surface area contributed by atoms with Crippen molar-refractivity contribution in [2.24, 2.45) is 0 Å². The molecule has 0 spiro atoms. The molecule has 0 saturated carbocycles. The molecule has 9 nitrogen and oxygen atoms in total. The molecule has 4 rings (SSSR count). The molecule has 1 aliphatic heterocycles. The maximum Gasteiger partial charge on any atom is 0.219 e. The first kappa shape index (κ1) is 25.4. The number of nitrogens with zero attached hydrogens (tertiary/aromatic N) is 2. The lowest BCUT2D eigenvalue weighted by molar-refractivity contribution is -0.120. The number of carbonyl (C=O) groups excluding carboxylic acids is 2. The Labute approximate surface area is 209 Å². The van der Waals surface area contributed by atoms with E-state index >= 15 is 0 Å². The molecule has 188 valence electrons. The van der Waals surface area contributed by atoms with Crippen molar-refractivity contribution in [1.29, 1.82) is 0 Å². The molecular formula is C25H32N4O5S. The lowest BCUT2D eigenvalue weighted by Gasteiger charge is -2.30. The van der Waals surface area contributed by atoms with Crippen molar-refractivity contribution < 1.29 is 23.0 Å². The van der Waals surface area contributed by atoms with E-state index in [0.29, 0.717) is 30.3 Å². The Hall–Kier alpha value is -2.66.